The van der Waals surface area contributed by atoms with Crippen LogP contribution in [0.4, 0.5) is 0 Å². The molecule has 1 aliphatic heterocycles. The van der Waals surface area contributed by atoms with Crippen LogP contribution in [-0.4, -0.2) is 16.9 Å². The Labute approximate surface area is 111 Å². The lowest BCUT2D eigenvalue weighted by molar-refractivity contribution is 0.134. The van der Waals surface area contributed by atoms with Crippen molar-refractivity contribution in [2.24, 2.45) is 12.8 Å². The van der Waals surface area contributed by atoms with E-state index in [1.807, 2.05) is 13.1 Å². The molecule has 2 N–H and O–H groups in total. The fraction of sp³-hybridized carbons (Fsp3) is 0.357. The third-order valence-corrected chi connectivity index (χ3v) is 3.57. The molecule has 0 radical (unpaired) electrons. The van der Waals surface area contributed by atoms with Crippen LogP contribution in [-0.2, 0) is 25.0 Å². The van der Waals surface area contributed by atoms with Gasteiger partial charge in [-0.15, -0.1) is 0 Å². The minimum absolute atomic E-state index is 0.256. The average Bonchev–Trinajstić information content (AvgIpc) is 3.02. The van der Waals surface area contributed by atoms with E-state index in [4.69, 9.17) is 15.2 Å². The lowest BCUT2D eigenvalue weighted by Crippen LogP contribution is -2.17. The summed E-state index contributed by atoms with van der Waals surface area (Å²) in [7, 11) is 3.50. The molecule has 0 bridgehead atoms. The van der Waals surface area contributed by atoms with Gasteiger partial charge in [0.15, 0.2) is 5.75 Å². The average molecular weight is 259 g/mol. The van der Waals surface area contributed by atoms with Crippen LogP contribution in [0.3, 0.4) is 0 Å². The molecule has 1 aromatic heterocycles. The molecular formula is C14H17N3O2. The van der Waals surface area contributed by atoms with Gasteiger partial charge in [-0.1, -0.05) is 18.2 Å². The predicted octanol–water partition coefficient (Wildman–Crippen LogP) is 1.51. The number of methoxy groups -OCH3 is 1. The van der Waals surface area contributed by atoms with Gasteiger partial charge in [-0.25, -0.2) is 0 Å². The van der Waals surface area contributed by atoms with E-state index in [0.29, 0.717) is 19.0 Å². The van der Waals surface area contributed by atoms with Crippen LogP contribution in [0.25, 0.3) is 0 Å². The largest absolute Gasteiger partial charge is 0.493 e. The minimum atomic E-state index is -0.256. The maximum atomic E-state index is 6.35. The van der Waals surface area contributed by atoms with Crippen molar-refractivity contribution in [3.63, 3.8) is 0 Å². The van der Waals surface area contributed by atoms with E-state index in [1.165, 1.54) is 11.1 Å². The zero-order valence-electron chi connectivity index (χ0n) is 11.1. The topological polar surface area (TPSA) is 62.3 Å². The highest BCUT2D eigenvalue weighted by Gasteiger charge is 2.20. The Morgan fingerprint density at radius 2 is 2.16 bits per heavy atom. The standard InChI is InChI=1S/C14H17N3O2/c1-17-14(12(18-2)6-16-17)13(15)9-3-4-10-7-19-8-11(10)5-9/h3-6,13H,7-8,15H2,1-2H3. The van der Waals surface area contributed by atoms with Gasteiger partial charge in [0.05, 0.1) is 32.6 Å². The number of fused-ring (bicyclic) bond motifs is 1. The fourth-order valence-corrected chi connectivity index (χ4v) is 2.48. The van der Waals surface area contributed by atoms with Gasteiger partial charge in [-0.2, -0.15) is 5.10 Å². The Morgan fingerprint density at radius 3 is 2.95 bits per heavy atom. The second kappa shape index (κ2) is 4.68. The van der Waals surface area contributed by atoms with Gasteiger partial charge in [-0.05, 0) is 16.7 Å². The second-order valence-corrected chi connectivity index (χ2v) is 4.72. The van der Waals surface area contributed by atoms with E-state index in [2.05, 4.69) is 17.2 Å². The molecule has 2 heterocycles. The lowest BCUT2D eigenvalue weighted by atomic mass is 9.99. The van der Waals surface area contributed by atoms with Gasteiger partial charge >= 0.3 is 0 Å². The van der Waals surface area contributed by atoms with Crippen molar-refractivity contribution in [2.75, 3.05) is 7.11 Å². The number of rotatable bonds is 3. The van der Waals surface area contributed by atoms with E-state index in [0.717, 1.165) is 11.3 Å². The SMILES string of the molecule is COc1cnn(C)c1C(N)c1ccc2c(c1)COC2. The zero-order valence-corrected chi connectivity index (χ0v) is 11.1. The molecule has 1 aromatic carbocycles. The summed E-state index contributed by atoms with van der Waals surface area (Å²) in [4.78, 5) is 0. The molecule has 1 atom stereocenters. The van der Waals surface area contributed by atoms with Gasteiger partial charge < -0.3 is 15.2 Å². The molecule has 5 heteroatoms. The number of hydrogen-bond acceptors (Lipinski definition) is 4. The molecule has 0 amide bonds. The minimum Gasteiger partial charge on any atom is -0.493 e. The summed E-state index contributed by atoms with van der Waals surface area (Å²) in [5, 5.41) is 4.19. The van der Waals surface area contributed by atoms with Gasteiger partial charge in [0, 0.05) is 7.05 Å². The third kappa shape index (κ3) is 2.01. The summed E-state index contributed by atoms with van der Waals surface area (Å²) in [5.74, 6) is 0.715. The molecule has 100 valence electrons. The predicted molar refractivity (Wildman–Crippen MR) is 70.7 cm³/mol. The number of aryl methyl sites for hydroxylation is 1. The van der Waals surface area contributed by atoms with E-state index in [1.54, 1.807) is 18.0 Å². The highest BCUT2D eigenvalue weighted by Crippen LogP contribution is 2.30. The summed E-state index contributed by atoms with van der Waals surface area (Å²) >= 11 is 0. The van der Waals surface area contributed by atoms with Crippen molar-refractivity contribution in [2.45, 2.75) is 19.3 Å². The molecule has 0 saturated carbocycles. The van der Waals surface area contributed by atoms with Gasteiger partial charge in [0.25, 0.3) is 0 Å². The Kier molecular flexibility index (Phi) is 3.00. The van der Waals surface area contributed by atoms with Crippen LogP contribution >= 0.6 is 0 Å². The molecule has 0 fully saturated rings. The Balaban J connectivity index is 1.99. The summed E-state index contributed by atoms with van der Waals surface area (Å²) < 4.78 is 12.5. The first-order valence-electron chi connectivity index (χ1n) is 6.21. The molecule has 0 saturated heterocycles. The molecule has 1 aliphatic rings. The maximum absolute atomic E-state index is 6.35. The third-order valence-electron chi connectivity index (χ3n) is 3.57. The Morgan fingerprint density at radius 1 is 1.37 bits per heavy atom. The van der Waals surface area contributed by atoms with Crippen LogP contribution in [0, 0.1) is 0 Å². The van der Waals surface area contributed by atoms with Crippen LogP contribution in [0.5, 0.6) is 5.75 Å². The normalized spacial score (nSPS) is 15.3. The summed E-state index contributed by atoms with van der Waals surface area (Å²) in [6, 6.07) is 5.98. The molecule has 2 aromatic rings. The van der Waals surface area contributed by atoms with Crippen molar-refractivity contribution in [3.8, 4) is 5.75 Å². The van der Waals surface area contributed by atoms with Crippen molar-refractivity contribution in [1.82, 2.24) is 9.78 Å². The number of ether oxygens (including phenoxy) is 2. The highest BCUT2D eigenvalue weighted by molar-refractivity contribution is 5.40. The molecule has 1 unspecified atom stereocenters. The number of nitrogens with zero attached hydrogens (tertiary/aromatic N) is 2. The Bertz CT molecular complexity index is 607. The van der Waals surface area contributed by atoms with Crippen molar-refractivity contribution < 1.29 is 9.47 Å². The summed E-state index contributed by atoms with van der Waals surface area (Å²) in [5.41, 5.74) is 10.7. The van der Waals surface area contributed by atoms with E-state index < -0.39 is 0 Å². The molecule has 0 aliphatic carbocycles. The first-order chi connectivity index (χ1) is 9.20. The van der Waals surface area contributed by atoms with E-state index in [-0.39, 0.29) is 6.04 Å². The molecule has 5 nitrogen and oxygen atoms in total. The van der Waals surface area contributed by atoms with E-state index >= 15 is 0 Å². The first kappa shape index (κ1) is 12.2. The van der Waals surface area contributed by atoms with Gasteiger partial charge in [0.2, 0.25) is 0 Å². The smallest absolute Gasteiger partial charge is 0.161 e. The number of nitrogens with two attached hydrogens (primary N) is 1. The summed E-state index contributed by atoms with van der Waals surface area (Å²) in [6.45, 7) is 1.36. The quantitative estimate of drug-likeness (QED) is 0.907. The van der Waals surface area contributed by atoms with Gasteiger partial charge in [-0.3, -0.25) is 4.68 Å². The van der Waals surface area contributed by atoms with Crippen LogP contribution in [0.2, 0.25) is 0 Å². The zero-order chi connectivity index (χ0) is 13.4. The van der Waals surface area contributed by atoms with Crippen LogP contribution < -0.4 is 10.5 Å². The monoisotopic (exact) mass is 259 g/mol. The number of benzene rings is 1. The molecule has 3 rings (SSSR count). The first-order valence-corrected chi connectivity index (χ1v) is 6.21. The van der Waals surface area contributed by atoms with Crippen LogP contribution in [0.15, 0.2) is 24.4 Å². The van der Waals surface area contributed by atoms with Crippen LogP contribution in [0.1, 0.15) is 28.4 Å². The van der Waals surface area contributed by atoms with E-state index in [9.17, 15) is 0 Å². The summed E-state index contributed by atoms with van der Waals surface area (Å²) in [6.07, 6.45) is 1.69. The van der Waals surface area contributed by atoms with Gasteiger partial charge in [0.1, 0.15) is 5.69 Å². The number of hydrogen-bond donors (Lipinski definition) is 1. The fourth-order valence-electron chi connectivity index (χ4n) is 2.48. The second-order valence-electron chi connectivity index (χ2n) is 4.72. The molecule has 0 spiro atoms. The highest BCUT2D eigenvalue weighted by atomic mass is 16.5. The molecular weight excluding hydrogens is 242 g/mol. The maximum Gasteiger partial charge on any atom is 0.161 e. The van der Waals surface area contributed by atoms with Crippen molar-refractivity contribution >= 4 is 0 Å². The molecule has 19 heavy (non-hydrogen) atoms. The van der Waals surface area contributed by atoms with Crippen molar-refractivity contribution in [1.29, 1.82) is 0 Å². The number of aromatic nitrogens is 2. The van der Waals surface area contributed by atoms with Crippen molar-refractivity contribution in [3.05, 3.63) is 46.8 Å². The lowest BCUT2D eigenvalue weighted by Gasteiger charge is -2.15. The Hall–Kier alpha value is -1.85.